The molecule has 2 aliphatic heterocycles. The number of rotatable bonds is 6. The molecule has 8 nitrogen and oxygen atoms in total. The van der Waals surface area contributed by atoms with Crippen LogP contribution in [0.25, 0.3) is 0 Å². The Morgan fingerprint density at radius 3 is 2.71 bits per heavy atom. The van der Waals surface area contributed by atoms with Gasteiger partial charge < -0.3 is 19.5 Å². The molecule has 0 aliphatic carbocycles. The molecule has 5 rings (SSSR count). The van der Waals surface area contributed by atoms with Gasteiger partial charge in [-0.2, -0.15) is 0 Å². The number of amides is 2. The van der Waals surface area contributed by atoms with E-state index in [4.69, 9.17) is 4.74 Å². The minimum atomic E-state index is -0.187. The van der Waals surface area contributed by atoms with Crippen LogP contribution in [0.4, 0.5) is 0 Å². The molecule has 2 aromatic heterocycles. The summed E-state index contributed by atoms with van der Waals surface area (Å²) in [6.07, 6.45) is 5.90. The summed E-state index contributed by atoms with van der Waals surface area (Å²) in [5.74, 6) is 0.384. The standard InChI is InChI=1S/C26H29N5O3/c1-2-20(18-8-4-3-5-9-18)29-25(32)19-16-22(30-14-15-34-17-23(19)30)26(33)31-13-6-10-21(31)24-27-11-7-12-28-24/h3-5,7-9,11-12,16,20-21H,2,6,10,13-15,17H2,1H3,(H,29,32). The largest absolute Gasteiger partial charge is 0.373 e. The summed E-state index contributed by atoms with van der Waals surface area (Å²) >= 11 is 0. The second-order valence-electron chi connectivity index (χ2n) is 8.70. The number of carbonyl (C=O) groups excluding carboxylic acids is 2. The Labute approximate surface area is 199 Å². The zero-order valence-corrected chi connectivity index (χ0v) is 19.3. The lowest BCUT2D eigenvalue weighted by Gasteiger charge is -2.25. The van der Waals surface area contributed by atoms with Gasteiger partial charge in [-0.3, -0.25) is 9.59 Å². The van der Waals surface area contributed by atoms with E-state index in [-0.39, 0.29) is 23.9 Å². The molecular formula is C26H29N5O3. The Morgan fingerprint density at radius 2 is 1.94 bits per heavy atom. The maximum atomic E-state index is 13.7. The second kappa shape index (κ2) is 9.77. The highest BCUT2D eigenvalue weighted by Gasteiger charge is 2.36. The Balaban J connectivity index is 1.44. The summed E-state index contributed by atoms with van der Waals surface area (Å²) in [4.78, 5) is 37.7. The first-order valence-electron chi connectivity index (χ1n) is 11.9. The van der Waals surface area contributed by atoms with Crippen LogP contribution in [0.2, 0.25) is 0 Å². The molecule has 34 heavy (non-hydrogen) atoms. The van der Waals surface area contributed by atoms with Gasteiger partial charge in [-0.25, -0.2) is 9.97 Å². The number of hydrogen-bond donors (Lipinski definition) is 1. The van der Waals surface area contributed by atoms with Gasteiger partial charge >= 0.3 is 0 Å². The van der Waals surface area contributed by atoms with E-state index in [2.05, 4.69) is 15.3 Å². The van der Waals surface area contributed by atoms with Crippen molar-refractivity contribution in [3.05, 3.63) is 83.2 Å². The average Bonchev–Trinajstić information content (AvgIpc) is 3.53. The van der Waals surface area contributed by atoms with E-state index < -0.39 is 0 Å². The first-order valence-corrected chi connectivity index (χ1v) is 11.9. The van der Waals surface area contributed by atoms with E-state index in [1.54, 1.807) is 24.5 Å². The van der Waals surface area contributed by atoms with Crippen LogP contribution in [0.3, 0.4) is 0 Å². The summed E-state index contributed by atoms with van der Waals surface area (Å²) in [7, 11) is 0. The third-order valence-electron chi connectivity index (χ3n) is 6.68. The summed E-state index contributed by atoms with van der Waals surface area (Å²) < 4.78 is 7.62. The van der Waals surface area contributed by atoms with Crippen LogP contribution in [0, 0.1) is 0 Å². The average molecular weight is 460 g/mol. The first kappa shape index (κ1) is 22.3. The molecule has 1 saturated heterocycles. The molecule has 4 heterocycles. The quantitative estimate of drug-likeness (QED) is 0.608. The van der Waals surface area contributed by atoms with Crippen LogP contribution < -0.4 is 5.32 Å². The molecule has 3 aromatic rings. The van der Waals surface area contributed by atoms with E-state index in [0.29, 0.717) is 43.4 Å². The van der Waals surface area contributed by atoms with Gasteiger partial charge in [0, 0.05) is 25.5 Å². The Hall–Kier alpha value is -3.52. The van der Waals surface area contributed by atoms with Crippen molar-refractivity contribution in [2.75, 3.05) is 13.2 Å². The third kappa shape index (κ3) is 4.21. The van der Waals surface area contributed by atoms with E-state index >= 15 is 0 Å². The highest BCUT2D eigenvalue weighted by molar-refractivity contribution is 6.01. The van der Waals surface area contributed by atoms with E-state index in [9.17, 15) is 9.59 Å². The monoisotopic (exact) mass is 459 g/mol. The molecule has 0 spiro atoms. The van der Waals surface area contributed by atoms with Gasteiger partial charge in [-0.05, 0) is 37.0 Å². The van der Waals surface area contributed by atoms with Crippen LogP contribution in [-0.4, -0.2) is 44.4 Å². The second-order valence-corrected chi connectivity index (χ2v) is 8.70. The summed E-state index contributed by atoms with van der Waals surface area (Å²) in [6, 6.07) is 13.2. The lowest BCUT2D eigenvalue weighted by atomic mass is 10.0. The van der Waals surface area contributed by atoms with Crippen LogP contribution in [0.5, 0.6) is 0 Å². The number of benzene rings is 1. The molecule has 1 aromatic carbocycles. The topological polar surface area (TPSA) is 89.4 Å². The van der Waals surface area contributed by atoms with Gasteiger partial charge in [0.25, 0.3) is 11.8 Å². The summed E-state index contributed by atoms with van der Waals surface area (Å²) in [6.45, 7) is 4.05. The number of aromatic nitrogens is 3. The van der Waals surface area contributed by atoms with Crippen LogP contribution in [0.1, 0.15) is 76.2 Å². The molecule has 2 atom stereocenters. The highest BCUT2D eigenvalue weighted by Crippen LogP contribution is 2.32. The van der Waals surface area contributed by atoms with Crippen molar-refractivity contribution >= 4 is 11.8 Å². The molecular weight excluding hydrogens is 430 g/mol. The van der Waals surface area contributed by atoms with E-state index in [1.807, 2.05) is 46.7 Å². The van der Waals surface area contributed by atoms with Gasteiger partial charge in [0.15, 0.2) is 5.82 Å². The van der Waals surface area contributed by atoms with E-state index in [1.165, 1.54) is 0 Å². The Bertz CT molecular complexity index is 1160. The maximum Gasteiger partial charge on any atom is 0.271 e. The molecule has 0 bridgehead atoms. The number of hydrogen-bond acceptors (Lipinski definition) is 5. The fourth-order valence-electron chi connectivity index (χ4n) is 4.95. The number of ether oxygens (including phenoxy) is 1. The van der Waals surface area contributed by atoms with Crippen LogP contribution in [0.15, 0.2) is 54.9 Å². The van der Waals surface area contributed by atoms with Crippen molar-refractivity contribution in [1.29, 1.82) is 0 Å². The lowest BCUT2D eigenvalue weighted by molar-refractivity contribution is 0.0670. The van der Waals surface area contributed by atoms with Gasteiger partial charge in [0.05, 0.1) is 36.6 Å². The van der Waals surface area contributed by atoms with Crippen LogP contribution in [-0.2, 0) is 17.9 Å². The Kier molecular flexibility index (Phi) is 6.40. The van der Waals surface area contributed by atoms with Crippen LogP contribution >= 0.6 is 0 Å². The maximum absolute atomic E-state index is 13.7. The highest BCUT2D eigenvalue weighted by atomic mass is 16.5. The van der Waals surface area contributed by atoms with Gasteiger partial charge in [0.1, 0.15) is 5.69 Å². The fourth-order valence-corrected chi connectivity index (χ4v) is 4.95. The van der Waals surface area contributed by atoms with Gasteiger partial charge in [0.2, 0.25) is 0 Å². The normalized spacial score (nSPS) is 18.4. The number of fused-ring (bicyclic) bond motifs is 1. The molecule has 2 aliphatic rings. The molecule has 8 heteroatoms. The molecule has 0 radical (unpaired) electrons. The zero-order chi connectivity index (χ0) is 23.5. The number of carbonyl (C=O) groups is 2. The molecule has 1 N–H and O–H groups in total. The smallest absolute Gasteiger partial charge is 0.271 e. The van der Waals surface area contributed by atoms with E-state index in [0.717, 1.165) is 30.5 Å². The Morgan fingerprint density at radius 1 is 1.15 bits per heavy atom. The molecule has 2 unspecified atom stereocenters. The van der Waals surface area contributed by atoms with Crippen molar-refractivity contribution in [2.45, 2.75) is 51.4 Å². The van der Waals surface area contributed by atoms with Crippen molar-refractivity contribution < 1.29 is 14.3 Å². The summed E-state index contributed by atoms with van der Waals surface area (Å²) in [5.41, 5.74) is 2.84. The molecule has 176 valence electrons. The van der Waals surface area contributed by atoms with Crippen molar-refractivity contribution in [3.63, 3.8) is 0 Å². The molecule has 2 amide bonds. The van der Waals surface area contributed by atoms with Crippen molar-refractivity contribution in [1.82, 2.24) is 24.8 Å². The zero-order valence-electron chi connectivity index (χ0n) is 19.3. The predicted molar refractivity (Wildman–Crippen MR) is 126 cm³/mol. The van der Waals surface area contributed by atoms with Crippen molar-refractivity contribution in [2.24, 2.45) is 0 Å². The molecule has 0 saturated carbocycles. The van der Waals surface area contributed by atoms with Gasteiger partial charge in [-0.1, -0.05) is 37.3 Å². The van der Waals surface area contributed by atoms with Gasteiger partial charge in [-0.15, -0.1) is 0 Å². The number of nitrogens with one attached hydrogen (secondary N) is 1. The third-order valence-corrected chi connectivity index (χ3v) is 6.68. The lowest BCUT2D eigenvalue weighted by Crippen LogP contribution is -2.34. The first-order chi connectivity index (χ1) is 16.7. The SMILES string of the molecule is CCC(NC(=O)c1cc(C(=O)N2CCCC2c2ncccn2)n2c1COCC2)c1ccccc1. The fraction of sp³-hybridized carbons (Fsp3) is 0.385. The minimum absolute atomic E-state index is 0.0905. The van der Waals surface area contributed by atoms with Crippen molar-refractivity contribution in [3.8, 4) is 0 Å². The number of likely N-dealkylation sites (tertiary alicyclic amines) is 1. The molecule has 1 fully saturated rings. The number of nitrogens with zero attached hydrogens (tertiary/aromatic N) is 4. The minimum Gasteiger partial charge on any atom is -0.373 e. The predicted octanol–water partition coefficient (Wildman–Crippen LogP) is 3.67. The summed E-state index contributed by atoms with van der Waals surface area (Å²) in [5, 5.41) is 3.15.